The lowest BCUT2D eigenvalue weighted by atomic mass is 10.1. The maximum Gasteiger partial charge on any atom is 0.189 e. The monoisotopic (exact) mass is 194 g/mol. The quantitative estimate of drug-likeness (QED) is 0.507. The molecule has 0 radical (unpaired) electrons. The van der Waals surface area contributed by atoms with Crippen molar-refractivity contribution in [2.75, 3.05) is 18.6 Å². The van der Waals surface area contributed by atoms with Gasteiger partial charge in [0.1, 0.15) is 12.7 Å². The highest BCUT2D eigenvalue weighted by Crippen LogP contribution is 2.04. The predicted octanol–water partition coefficient (Wildman–Crippen LogP) is -0.977. The zero-order chi connectivity index (χ0) is 9.56. The van der Waals surface area contributed by atoms with Crippen LogP contribution in [0.2, 0.25) is 0 Å². The number of ketones is 1. The molecular formula is C7H14O4S. The third kappa shape index (κ3) is 4.06. The van der Waals surface area contributed by atoms with Crippen LogP contribution in [0.3, 0.4) is 0 Å². The van der Waals surface area contributed by atoms with Gasteiger partial charge in [-0.2, -0.15) is 11.8 Å². The number of aliphatic hydroxyl groups excluding tert-OH is 3. The van der Waals surface area contributed by atoms with Gasteiger partial charge in [0.05, 0.1) is 6.10 Å². The Morgan fingerprint density at radius 2 is 2.08 bits per heavy atom. The lowest BCUT2D eigenvalue weighted by molar-refractivity contribution is -0.135. The van der Waals surface area contributed by atoms with Gasteiger partial charge in [0.15, 0.2) is 5.78 Å². The summed E-state index contributed by atoms with van der Waals surface area (Å²) in [5.74, 6) is -0.0553. The van der Waals surface area contributed by atoms with Crippen LogP contribution in [0.25, 0.3) is 0 Å². The van der Waals surface area contributed by atoms with Crippen molar-refractivity contribution >= 4 is 17.5 Å². The maximum absolute atomic E-state index is 10.6. The van der Waals surface area contributed by atoms with Crippen molar-refractivity contribution < 1.29 is 20.1 Å². The normalized spacial score (nSPS) is 15.7. The number of Topliss-reactive ketones (excluding diaryl/α,β-unsaturated/α-hetero) is 1. The summed E-state index contributed by atoms with van der Waals surface area (Å²) in [5.41, 5.74) is 0. The number of carbonyl (C=O) groups is 1. The van der Waals surface area contributed by atoms with Gasteiger partial charge in [-0.3, -0.25) is 4.79 Å². The zero-order valence-electron chi connectivity index (χ0n) is 6.93. The molecule has 0 amide bonds. The van der Waals surface area contributed by atoms with E-state index in [1.54, 1.807) is 0 Å². The van der Waals surface area contributed by atoms with Crippen LogP contribution in [-0.2, 0) is 4.79 Å². The highest BCUT2D eigenvalue weighted by molar-refractivity contribution is 7.98. The first-order chi connectivity index (χ1) is 5.63. The highest BCUT2D eigenvalue weighted by atomic mass is 32.2. The fourth-order valence-electron chi connectivity index (χ4n) is 0.705. The second-order valence-corrected chi connectivity index (χ2v) is 3.40. The molecule has 0 aliphatic rings. The smallest absolute Gasteiger partial charge is 0.189 e. The molecule has 0 saturated carbocycles. The van der Waals surface area contributed by atoms with Gasteiger partial charge in [-0.25, -0.2) is 0 Å². The van der Waals surface area contributed by atoms with E-state index in [4.69, 9.17) is 15.3 Å². The first kappa shape index (κ1) is 11.9. The highest BCUT2D eigenvalue weighted by Gasteiger charge is 2.22. The SMILES string of the molecule is CSCC[C@@H](O)[C@H](O)C(=O)CO. The standard InChI is InChI=1S/C7H14O4S/c1-12-3-2-5(9)7(11)6(10)4-8/h5,7-9,11H,2-4H2,1H3/t5-,7+/m1/s1. The van der Waals surface area contributed by atoms with Crippen LogP contribution in [0.1, 0.15) is 6.42 Å². The number of thioether (sulfide) groups is 1. The van der Waals surface area contributed by atoms with E-state index in [0.717, 1.165) is 0 Å². The van der Waals surface area contributed by atoms with Gasteiger partial charge in [-0.15, -0.1) is 0 Å². The van der Waals surface area contributed by atoms with Gasteiger partial charge in [-0.05, 0) is 18.4 Å². The number of hydrogen-bond acceptors (Lipinski definition) is 5. The maximum atomic E-state index is 10.6. The van der Waals surface area contributed by atoms with Crippen molar-refractivity contribution in [3.05, 3.63) is 0 Å². The van der Waals surface area contributed by atoms with Gasteiger partial charge >= 0.3 is 0 Å². The van der Waals surface area contributed by atoms with Gasteiger partial charge in [0, 0.05) is 0 Å². The molecule has 0 unspecified atom stereocenters. The van der Waals surface area contributed by atoms with E-state index in [0.29, 0.717) is 12.2 Å². The second kappa shape index (κ2) is 6.42. The van der Waals surface area contributed by atoms with Crippen molar-refractivity contribution in [2.45, 2.75) is 18.6 Å². The third-order valence-corrected chi connectivity index (χ3v) is 2.11. The first-order valence-corrected chi connectivity index (χ1v) is 5.01. The lowest BCUT2D eigenvalue weighted by Gasteiger charge is -2.14. The topological polar surface area (TPSA) is 77.8 Å². The number of aliphatic hydroxyl groups is 3. The summed E-state index contributed by atoms with van der Waals surface area (Å²) < 4.78 is 0. The van der Waals surface area contributed by atoms with Crippen LogP contribution >= 0.6 is 11.8 Å². The van der Waals surface area contributed by atoms with Gasteiger partial charge in [0.25, 0.3) is 0 Å². The zero-order valence-corrected chi connectivity index (χ0v) is 7.75. The minimum Gasteiger partial charge on any atom is -0.390 e. The second-order valence-electron chi connectivity index (χ2n) is 2.42. The van der Waals surface area contributed by atoms with Crippen LogP contribution < -0.4 is 0 Å². The minimum atomic E-state index is -1.44. The molecule has 0 aromatic carbocycles. The summed E-state index contributed by atoms with van der Waals surface area (Å²) in [6.45, 7) is -0.725. The van der Waals surface area contributed by atoms with E-state index >= 15 is 0 Å². The molecule has 0 saturated heterocycles. The van der Waals surface area contributed by atoms with E-state index in [1.165, 1.54) is 11.8 Å². The minimum absolute atomic E-state index is 0.355. The fraction of sp³-hybridized carbons (Fsp3) is 0.857. The van der Waals surface area contributed by atoms with E-state index in [9.17, 15) is 4.79 Å². The molecule has 0 aliphatic heterocycles. The molecule has 2 atom stereocenters. The number of hydrogen-bond donors (Lipinski definition) is 3. The van der Waals surface area contributed by atoms with Crippen LogP contribution in [0, 0.1) is 0 Å². The Kier molecular flexibility index (Phi) is 6.37. The van der Waals surface area contributed by atoms with E-state index < -0.39 is 24.6 Å². The summed E-state index contributed by atoms with van der Waals surface area (Å²) in [6, 6.07) is 0. The summed E-state index contributed by atoms with van der Waals surface area (Å²) in [5, 5.41) is 26.6. The van der Waals surface area contributed by atoms with Crippen molar-refractivity contribution in [1.82, 2.24) is 0 Å². The molecule has 0 rings (SSSR count). The van der Waals surface area contributed by atoms with Gasteiger partial charge in [0.2, 0.25) is 0 Å². The molecule has 0 aromatic rings. The van der Waals surface area contributed by atoms with Crippen molar-refractivity contribution in [2.24, 2.45) is 0 Å². The van der Waals surface area contributed by atoms with E-state index in [2.05, 4.69) is 0 Å². The van der Waals surface area contributed by atoms with Crippen molar-refractivity contribution in [3.63, 3.8) is 0 Å². The summed E-state index contributed by atoms with van der Waals surface area (Å²) in [4.78, 5) is 10.6. The lowest BCUT2D eigenvalue weighted by Crippen LogP contribution is -2.36. The molecule has 72 valence electrons. The Hall–Kier alpha value is -0.100. The summed E-state index contributed by atoms with van der Waals surface area (Å²) in [7, 11) is 0. The molecule has 0 bridgehead atoms. The molecule has 0 aliphatic carbocycles. The molecule has 0 spiro atoms. The first-order valence-electron chi connectivity index (χ1n) is 3.62. The molecule has 0 heterocycles. The molecule has 3 N–H and O–H groups in total. The molecule has 0 aromatic heterocycles. The Balaban J connectivity index is 3.75. The third-order valence-electron chi connectivity index (χ3n) is 1.47. The number of carbonyl (C=O) groups excluding carboxylic acids is 1. The Morgan fingerprint density at radius 1 is 1.50 bits per heavy atom. The fourth-order valence-corrected chi connectivity index (χ4v) is 1.18. The molecular weight excluding hydrogens is 180 g/mol. The molecule has 0 fully saturated rings. The van der Waals surface area contributed by atoms with Gasteiger partial charge in [-0.1, -0.05) is 0 Å². The van der Waals surface area contributed by atoms with E-state index in [1.807, 2.05) is 6.26 Å². The van der Waals surface area contributed by atoms with Crippen molar-refractivity contribution in [3.8, 4) is 0 Å². The molecule has 12 heavy (non-hydrogen) atoms. The molecule has 5 heteroatoms. The summed E-state index contributed by atoms with van der Waals surface area (Å²) >= 11 is 1.52. The van der Waals surface area contributed by atoms with Crippen LogP contribution in [-0.4, -0.2) is 51.9 Å². The van der Waals surface area contributed by atoms with Crippen molar-refractivity contribution in [1.29, 1.82) is 0 Å². The Bertz CT molecular complexity index is 139. The largest absolute Gasteiger partial charge is 0.390 e. The van der Waals surface area contributed by atoms with Crippen LogP contribution in [0.4, 0.5) is 0 Å². The van der Waals surface area contributed by atoms with Crippen LogP contribution in [0.5, 0.6) is 0 Å². The summed E-state index contributed by atoms with van der Waals surface area (Å²) in [6.07, 6.45) is -0.277. The Morgan fingerprint density at radius 3 is 2.50 bits per heavy atom. The predicted molar refractivity (Wildman–Crippen MR) is 47.1 cm³/mol. The Labute approximate surface area is 75.6 Å². The van der Waals surface area contributed by atoms with E-state index in [-0.39, 0.29) is 0 Å². The van der Waals surface area contributed by atoms with Crippen LogP contribution in [0.15, 0.2) is 0 Å². The van der Waals surface area contributed by atoms with Gasteiger partial charge < -0.3 is 15.3 Å². The number of rotatable bonds is 6. The molecule has 4 nitrogen and oxygen atoms in total. The average molecular weight is 194 g/mol. The average Bonchev–Trinajstić information content (AvgIpc) is 2.11.